The Labute approximate surface area is 122 Å². The summed E-state index contributed by atoms with van der Waals surface area (Å²) >= 11 is 0. The van der Waals surface area contributed by atoms with Crippen LogP contribution in [0, 0.1) is 0 Å². The number of anilines is 1. The third-order valence-electron chi connectivity index (χ3n) is 3.41. The van der Waals surface area contributed by atoms with Crippen LogP contribution in [0.4, 0.5) is 19.0 Å². The predicted molar refractivity (Wildman–Crippen MR) is 74.3 cm³/mol. The van der Waals surface area contributed by atoms with E-state index in [0.29, 0.717) is 12.6 Å². The Morgan fingerprint density at radius 3 is 2.67 bits per heavy atom. The second-order valence-corrected chi connectivity index (χ2v) is 5.07. The number of rotatable bonds is 6. The summed E-state index contributed by atoms with van der Waals surface area (Å²) in [5.74, 6) is 0.976. The van der Waals surface area contributed by atoms with Crippen molar-refractivity contribution in [3.05, 3.63) is 24.4 Å². The molecule has 1 aromatic heterocycles. The van der Waals surface area contributed by atoms with Gasteiger partial charge < -0.3 is 15.0 Å². The second kappa shape index (κ2) is 7.61. The molecule has 0 atom stereocenters. The molecule has 1 aliphatic heterocycles. The number of alkyl halides is 3. The molecule has 1 saturated heterocycles. The zero-order valence-electron chi connectivity index (χ0n) is 11.8. The summed E-state index contributed by atoms with van der Waals surface area (Å²) in [6.07, 6.45) is -0.558. The van der Waals surface area contributed by atoms with E-state index in [-0.39, 0.29) is 6.61 Å². The smallest absolute Gasteiger partial charge is 0.371 e. The molecule has 7 heteroatoms. The van der Waals surface area contributed by atoms with Crippen molar-refractivity contribution in [2.45, 2.75) is 25.1 Å². The molecular formula is C14H20F3N3O. The fourth-order valence-electron chi connectivity index (χ4n) is 2.38. The minimum absolute atomic E-state index is 0.0833. The first-order valence-corrected chi connectivity index (χ1v) is 7.08. The molecule has 1 N–H and O–H groups in total. The molecule has 118 valence electrons. The highest BCUT2D eigenvalue weighted by Crippen LogP contribution is 2.17. The lowest BCUT2D eigenvalue weighted by Gasteiger charge is -2.33. The minimum Gasteiger partial charge on any atom is -0.371 e. The summed E-state index contributed by atoms with van der Waals surface area (Å²) in [5.41, 5.74) is 0. The molecule has 0 saturated carbocycles. The molecule has 0 aliphatic carbocycles. The highest BCUT2D eigenvalue weighted by Gasteiger charge is 2.27. The van der Waals surface area contributed by atoms with E-state index in [1.807, 2.05) is 18.2 Å². The van der Waals surface area contributed by atoms with Crippen LogP contribution in [0.15, 0.2) is 24.4 Å². The number of nitrogens with zero attached hydrogens (tertiary/aromatic N) is 2. The van der Waals surface area contributed by atoms with Gasteiger partial charge in [0.25, 0.3) is 0 Å². The molecule has 0 spiro atoms. The quantitative estimate of drug-likeness (QED) is 0.818. The Morgan fingerprint density at radius 2 is 2.05 bits per heavy atom. The average molecular weight is 303 g/mol. The first-order valence-electron chi connectivity index (χ1n) is 7.08. The van der Waals surface area contributed by atoms with E-state index in [2.05, 4.69) is 19.9 Å². The SMILES string of the molecule is FC(F)(F)COCCNC1CCN(c2ccccn2)CC1. The number of piperidine rings is 1. The van der Waals surface area contributed by atoms with Gasteiger partial charge in [0.05, 0.1) is 6.61 Å². The number of ether oxygens (including phenoxy) is 1. The number of pyridine rings is 1. The van der Waals surface area contributed by atoms with E-state index in [9.17, 15) is 13.2 Å². The fourth-order valence-corrected chi connectivity index (χ4v) is 2.38. The molecule has 0 unspecified atom stereocenters. The van der Waals surface area contributed by atoms with Gasteiger partial charge in [-0.25, -0.2) is 4.98 Å². The van der Waals surface area contributed by atoms with E-state index in [4.69, 9.17) is 0 Å². The van der Waals surface area contributed by atoms with Crippen molar-refractivity contribution < 1.29 is 17.9 Å². The lowest BCUT2D eigenvalue weighted by atomic mass is 10.1. The minimum atomic E-state index is -4.24. The Kier molecular flexibility index (Phi) is 5.81. The van der Waals surface area contributed by atoms with Crippen LogP contribution in [0.5, 0.6) is 0 Å². The van der Waals surface area contributed by atoms with Crippen molar-refractivity contribution in [3.63, 3.8) is 0 Å². The summed E-state index contributed by atoms with van der Waals surface area (Å²) in [4.78, 5) is 6.54. The van der Waals surface area contributed by atoms with Gasteiger partial charge in [0.1, 0.15) is 12.4 Å². The van der Waals surface area contributed by atoms with E-state index in [1.54, 1.807) is 6.20 Å². The maximum atomic E-state index is 11.9. The first kappa shape index (κ1) is 16.0. The highest BCUT2D eigenvalue weighted by atomic mass is 19.4. The zero-order valence-corrected chi connectivity index (χ0v) is 11.8. The van der Waals surface area contributed by atoms with Crippen LogP contribution in [0.2, 0.25) is 0 Å². The summed E-state index contributed by atoms with van der Waals surface area (Å²) in [6, 6.07) is 6.17. The largest absolute Gasteiger partial charge is 0.411 e. The summed E-state index contributed by atoms with van der Waals surface area (Å²) in [7, 11) is 0. The standard InChI is InChI=1S/C14H20F3N3O/c15-14(16,17)11-21-10-7-18-12-4-8-20(9-5-12)13-3-1-2-6-19-13/h1-3,6,12,18H,4-5,7-11H2. The van der Waals surface area contributed by atoms with Crippen LogP contribution < -0.4 is 10.2 Å². The Balaban J connectivity index is 1.59. The molecule has 0 radical (unpaired) electrons. The monoisotopic (exact) mass is 303 g/mol. The number of hydrogen-bond donors (Lipinski definition) is 1. The van der Waals surface area contributed by atoms with Gasteiger partial charge in [-0.3, -0.25) is 0 Å². The van der Waals surface area contributed by atoms with Crippen LogP contribution >= 0.6 is 0 Å². The number of nitrogens with one attached hydrogen (secondary N) is 1. The molecule has 0 amide bonds. The van der Waals surface area contributed by atoms with Gasteiger partial charge in [-0.05, 0) is 25.0 Å². The molecule has 0 aromatic carbocycles. The van der Waals surface area contributed by atoms with Gasteiger partial charge >= 0.3 is 6.18 Å². The lowest BCUT2D eigenvalue weighted by molar-refractivity contribution is -0.173. The van der Waals surface area contributed by atoms with Gasteiger partial charge in [-0.2, -0.15) is 13.2 Å². The summed E-state index contributed by atoms with van der Waals surface area (Å²) in [6.45, 7) is 1.16. The number of hydrogen-bond acceptors (Lipinski definition) is 4. The van der Waals surface area contributed by atoms with Crippen molar-refractivity contribution >= 4 is 5.82 Å². The first-order chi connectivity index (χ1) is 10.0. The van der Waals surface area contributed by atoms with Crippen molar-refractivity contribution in [2.75, 3.05) is 37.7 Å². The van der Waals surface area contributed by atoms with Crippen LogP contribution in [0.25, 0.3) is 0 Å². The molecule has 21 heavy (non-hydrogen) atoms. The third kappa shape index (κ3) is 5.89. The maximum Gasteiger partial charge on any atom is 0.411 e. The lowest BCUT2D eigenvalue weighted by Crippen LogP contribution is -2.43. The highest BCUT2D eigenvalue weighted by molar-refractivity contribution is 5.38. The van der Waals surface area contributed by atoms with Crippen LogP contribution in [0.3, 0.4) is 0 Å². The Hall–Kier alpha value is -1.34. The summed E-state index contributed by atoms with van der Waals surface area (Å²) < 4.78 is 40.2. The van der Waals surface area contributed by atoms with Gasteiger partial charge in [-0.1, -0.05) is 6.07 Å². The third-order valence-corrected chi connectivity index (χ3v) is 3.41. The normalized spacial score (nSPS) is 17.2. The average Bonchev–Trinajstić information content (AvgIpc) is 2.47. The Morgan fingerprint density at radius 1 is 1.29 bits per heavy atom. The van der Waals surface area contributed by atoms with Gasteiger partial charge in [0.2, 0.25) is 0 Å². The maximum absolute atomic E-state index is 11.9. The van der Waals surface area contributed by atoms with Gasteiger partial charge in [-0.15, -0.1) is 0 Å². The van der Waals surface area contributed by atoms with Gasteiger partial charge in [0.15, 0.2) is 0 Å². The molecule has 0 bridgehead atoms. The number of aromatic nitrogens is 1. The number of halogens is 3. The van der Waals surface area contributed by atoms with Gasteiger partial charge in [0, 0.05) is 31.9 Å². The van der Waals surface area contributed by atoms with E-state index in [0.717, 1.165) is 31.7 Å². The molecule has 2 rings (SSSR count). The van der Waals surface area contributed by atoms with Crippen LogP contribution in [-0.4, -0.2) is 50.1 Å². The van der Waals surface area contributed by atoms with E-state index < -0.39 is 12.8 Å². The van der Waals surface area contributed by atoms with Crippen LogP contribution in [0.1, 0.15) is 12.8 Å². The molecular weight excluding hydrogens is 283 g/mol. The predicted octanol–water partition coefficient (Wildman–Crippen LogP) is 2.22. The topological polar surface area (TPSA) is 37.4 Å². The molecule has 1 fully saturated rings. The fraction of sp³-hybridized carbons (Fsp3) is 0.643. The molecule has 1 aliphatic rings. The second-order valence-electron chi connectivity index (χ2n) is 5.07. The van der Waals surface area contributed by atoms with E-state index in [1.165, 1.54) is 0 Å². The molecule has 2 heterocycles. The Bertz CT molecular complexity index is 406. The van der Waals surface area contributed by atoms with Crippen molar-refractivity contribution in [2.24, 2.45) is 0 Å². The summed E-state index contributed by atoms with van der Waals surface area (Å²) in [5, 5.41) is 3.24. The molecule has 4 nitrogen and oxygen atoms in total. The van der Waals surface area contributed by atoms with Crippen molar-refractivity contribution in [3.8, 4) is 0 Å². The molecule has 1 aromatic rings. The zero-order chi connectivity index (χ0) is 15.1. The van der Waals surface area contributed by atoms with E-state index >= 15 is 0 Å². The van der Waals surface area contributed by atoms with Crippen molar-refractivity contribution in [1.82, 2.24) is 10.3 Å². The van der Waals surface area contributed by atoms with Crippen LogP contribution in [-0.2, 0) is 4.74 Å². The van der Waals surface area contributed by atoms with Crippen molar-refractivity contribution in [1.29, 1.82) is 0 Å².